The Labute approximate surface area is 113 Å². The summed E-state index contributed by atoms with van der Waals surface area (Å²) in [6, 6.07) is 0. The lowest BCUT2D eigenvalue weighted by Gasteiger charge is -1.96. The average molecular weight is 250 g/mol. The topological polar surface area (TPSA) is 17.1 Å². The summed E-state index contributed by atoms with van der Waals surface area (Å²) in [5.74, 6) is 0. The Kier molecular flexibility index (Phi) is 15.4. The molecular weight excluding hydrogens is 220 g/mol. The van der Waals surface area contributed by atoms with Gasteiger partial charge in [0.1, 0.15) is 6.29 Å². The highest BCUT2D eigenvalue weighted by atomic mass is 16.1. The van der Waals surface area contributed by atoms with Crippen LogP contribution in [0.15, 0.2) is 24.3 Å². The molecule has 104 valence electrons. The van der Waals surface area contributed by atoms with Gasteiger partial charge in [0.2, 0.25) is 0 Å². The summed E-state index contributed by atoms with van der Waals surface area (Å²) in [6.07, 6.45) is 23.2. The van der Waals surface area contributed by atoms with Crippen LogP contribution in [0.3, 0.4) is 0 Å². The van der Waals surface area contributed by atoms with Crippen molar-refractivity contribution in [1.82, 2.24) is 0 Å². The molecule has 0 N–H and O–H groups in total. The van der Waals surface area contributed by atoms with E-state index in [-0.39, 0.29) is 0 Å². The molecule has 0 fully saturated rings. The van der Waals surface area contributed by atoms with Gasteiger partial charge in [-0.1, -0.05) is 63.3 Å². The number of rotatable bonds is 13. The van der Waals surface area contributed by atoms with Crippen LogP contribution < -0.4 is 0 Å². The third kappa shape index (κ3) is 15.1. The van der Waals surface area contributed by atoms with Crippen LogP contribution in [0.5, 0.6) is 0 Å². The molecule has 0 atom stereocenters. The molecule has 0 unspecified atom stereocenters. The third-order valence-corrected chi connectivity index (χ3v) is 3.05. The van der Waals surface area contributed by atoms with E-state index in [2.05, 4.69) is 31.2 Å². The Morgan fingerprint density at radius 1 is 0.667 bits per heavy atom. The molecule has 0 aromatic carbocycles. The Hall–Kier alpha value is -0.850. The van der Waals surface area contributed by atoms with Crippen LogP contribution in [-0.4, -0.2) is 6.29 Å². The molecular formula is C17H30O. The second-order valence-corrected chi connectivity index (χ2v) is 4.86. The first-order valence-electron chi connectivity index (χ1n) is 7.67. The molecule has 0 aliphatic heterocycles. The number of hydrogen-bond donors (Lipinski definition) is 0. The van der Waals surface area contributed by atoms with E-state index < -0.39 is 0 Å². The molecule has 0 aliphatic carbocycles. The van der Waals surface area contributed by atoms with E-state index in [1.165, 1.54) is 57.8 Å². The molecule has 1 heteroatoms. The monoisotopic (exact) mass is 250 g/mol. The molecule has 0 radical (unpaired) electrons. The highest BCUT2D eigenvalue weighted by Crippen LogP contribution is 2.07. The van der Waals surface area contributed by atoms with Crippen LogP contribution in [0.2, 0.25) is 0 Å². The number of carbonyl (C=O) groups is 1. The summed E-state index contributed by atoms with van der Waals surface area (Å²) in [6.45, 7) is 2.24. The van der Waals surface area contributed by atoms with Crippen LogP contribution in [0.25, 0.3) is 0 Å². The maximum Gasteiger partial charge on any atom is 0.119 e. The van der Waals surface area contributed by atoms with Crippen LogP contribution in [-0.2, 0) is 4.79 Å². The lowest BCUT2D eigenvalue weighted by molar-refractivity contribution is -0.107. The quantitative estimate of drug-likeness (QED) is 0.236. The van der Waals surface area contributed by atoms with Crippen molar-refractivity contribution in [3.05, 3.63) is 24.3 Å². The minimum Gasteiger partial charge on any atom is -0.303 e. The van der Waals surface area contributed by atoms with E-state index in [1.54, 1.807) is 0 Å². The predicted molar refractivity (Wildman–Crippen MR) is 80.8 cm³/mol. The zero-order valence-electron chi connectivity index (χ0n) is 12.1. The van der Waals surface area contributed by atoms with Gasteiger partial charge < -0.3 is 4.79 Å². The average Bonchev–Trinajstić information content (AvgIpc) is 2.39. The van der Waals surface area contributed by atoms with Crippen molar-refractivity contribution in [3.8, 4) is 0 Å². The first kappa shape index (κ1) is 17.2. The van der Waals surface area contributed by atoms with E-state index >= 15 is 0 Å². The first-order valence-corrected chi connectivity index (χ1v) is 7.67. The van der Waals surface area contributed by atoms with E-state index in [1.807, 2.05) is 0 Å². The maximum absolute atomic E-state index is 10.1. The molecule has 0 saturated heterocycles. The largest absolute Gasteiger partial charge is 0.303 e. The zero-order chi connectivity index (χ0) is 13.3. The van der Waals surface area contributed by atoms with E-state index in [9.17, 15) is 4.79 Å². The standard InChI is InChI=1S/C17H30O/c1-2-3-4-5-6-7-8-9-10-11-12-13-14-15-16-17-18/h6-9,17H,2-5,10-16H2,1H3. The van der Waals surface area contributed by atoms with Crippen molar-refractivity contribution in [3.63, 3.8) is 0 Å². The van der Waals surface area contributed by atoms with E-state index in [0.29, 0.717) is 0 Å². The predicted octanol–water partition coefficient (Wildman–Crippen LogP) is 5.61. The Morgan fingerprint density at radius 2 is 1.17 bits per heavy atom. The molecule has 0 aromatic rings. The number of allylic oxidation sites excluding steroid dienone is 4. The number of hydrogen-bond acceptors (Lipinski definition) is 1. The Morgan fingerprint density at radius 3 is 1.72 bits per heavy atom. The van der Waals surface area contributed by atoms with Crippen molar-refractivity contribution in [1.29, 1.82) is 0 Å². The van der Waals surface area contributed by atoms with Gasteiger partial charge in [-0.2, -0.15) is 0 Å². The summed E-state index contributed by atoms with van der Waals surface area (Å²) >= 11 is 0. The van der Waals surface area contributed by atoms with E-state index in [4.69, 9.17) is 0 Å². The highest BCUT2D eigenvalue weighted by molar-refractivity contribution is 5.48. The Balaban J connectivity index is 3.15. The molecule has 0 aromatic heterocycles. The van der Waals surface area contributed by atoms with Crippen molar-refractivity contribution >= 4 is 6.29 Å². The SMILES string of the molecule is CCCCCC=CC=CCCCCCCCC=O. The number of carbonyl (C=O) groups excluding carboxylic acids is 1. The summed E-state index contributed by atoms with van der Waals surface area (Å²) in [7, 11) is 0. The van der Waals surface area contributed by atoms with Crippen molar-refractivity contribution < 1.29 is 4.79 Å². The fourth-order valence-corrected chi connectivity index (χ4v) is 1.88. The normalized spacial score (nSPS) is 11.6. The van der Waals surface area contributed by atoms with Gasteiger partial charge in [0, 0.05) is 6.42 Å². The molecule has 18 heavy (non-hydrogen) atoms. The second kappa shape index (κ2) is 16.1. The highest BCUT2D eigenvalue weighted by Gasteiger charge is 1.89. The fraction of sp³-hybridized carbons (Fsp3) is 0.706. The van der Waals surface area contributed by atoms with Gasteiger partial charge in [-0.15, -0.1) is 0 Å². The molecule has 0 amide bonds. The van der Waals surface area contributed by atoms with Crippen LogP contribution >= 0.6 is 0 Å². The van der Waals surface area contributed by atoms with Gasteiger partial charge in [0.25, 0.3) is 0 Å². The van der Waals surface area contributed by atoms with Crippen LogP contribution in [0.1, 0.15) is 77.6 Å². The van der Waals surface area contributed by atoms with Gasteiger partial charge in [0.05, 0.1) is 0 Å². The summed E-state index contributed by atoms with van der Waals surface area (Å²) in [5.41, 5.74) is 0. The van der Waals surface area contributed by atoms with Gasteiger partial charge in [0.15, 0.2) is 0 Å². The van der Waals surface area contributed by atoms with Crippen LogP contribution in [0, 0.1) is 0 Å². The smallest absolute Gasteiger partial charge is 0.119 e. The summed E-state index contributed by atoms with van der Waals surface area (Å²) in [4.78, 5) is 10.1. The Bertz CT molecular complexity index is 216. The maximum atomic E-state index is 10.1. The molecule has 0 saturated carbocycles. The summed E-state index contributed by atoms with van der Waals surface area (Å²) < 4.78 is 0. The lowest BCUT2D eigenvalue weighted by Crippen LogP contribution is -1.80. The first-order chi connectivity index (χ1) is 8.91. The minimum atomic E-state index is 0.739. The molecule has 0 aliphatic rings. The molecule has 0 spiro atoms. The van der Waals surface area contributed by atoms with Crippen LogP contribution in [0.4, 0.5) is 0 Å². The fourth-order valence-electron chi connectivity index (χ4n) is 1.88. The number of unbranched alkanes of at least 4 members (excludes halogenated alkanes) is 9. The van der Waals surface area contributed by atoms with E-state index in [0.717, 1.165) is 19.1 Å². The summed E-state index contributed by atoms with van der Waals surface area (Å²) in [5, 5.41) is 0. The lowest BCUT2D eigenvalue weighted by atomic mass is 10.1. The molecule has 1 nitrogen and oxygen atoms in total. The molecule has 0 rings (SSSR count). The van der Waals surface area contributed by atoms with Gasteiger partial charge in [-0.05, 0) is 32.1 Å². The minimum absolute atomic E-state index is 0.739. The van der Waals surface area contributed by atoms with Gasteiger partial charge in [-0.3, -0.25) is 0 Å². The van der Waals surface area contributed by atoms with Gasteiger partial charge in [-0.25, -0.2) is 0 Å². The molecule has 0 bridgehead atoms. The van der Waals surface area contributed by atoms with Crippen molar-refractivity contribution in [2.75, 3.05) is 0 Å². The van der Waals surface area contributed by atoms with Gasteiger partial charge >= 0.3 is 0 Å². The second-order valence-electron chi connectivity index (χ2n) is 4.86. The zero-order valence-corrected chi connectivity index (χ0v) is 12.1. The number of aldehydes is 1. The molecule has 0 heterocycles. The van der Waals surface area contributed by atoms with Crippen molar-refractivity contribution in [2.45, 2.75) is 77.6 Å². The van der Waals surface area contributed by atoms with Crippen molar-refractivity contribution in [2.24, 2.45) is 0 Å². The third-order valence-electron chi connectivity index (χ3n) is 3.05.